The molecular weight excluding hydrogens is 296 g/mol. The van der Waals surface area contributed by atoms with Gasteiger partial charge in [-0.25, -0.2) is 4.79 Å². The molecule has 0 bridgehead atoms. The topological polar surface area (TPSA) is 102 Å². The molecular formula is C17H14N2O4. The molecule has 0 saturated heterocycles. The lowest BCUT2D eigenvalue weighted by Gasteiger charge is -2.11. The van der Waals surface area contributed by atoms with Crippen LogP contribution in [0.2, 0.25) is 0 Å². The average Bonchev–Trinajstić information content (AvgIpc) is 2.95. The average molecular weight is 310 g/mol. The Kier molecular flexibility index (Phi) is 3.50. The molecule has 116 valence electrons. The van der Waals surface area contributed by atoms with Crippen LogP contribution in [-0.2, 0) is 0 Å². The molecule has 0 radical (unpaired) electrons. The van der Waals surface area contributed by atoms with Crippen LogP contribution in [0.3, 0.4) is 0 Å². The maximum Gasteiger partial charge on any atom is 0.339 e. The van der Waals surface area contributed by atoms with E-state index in [0.717, 1.165) is 10.9 Å². The van der Waals surface area contributed by atoms with E-state index in [-0.39, 0.29) is 11.3 Å². The van der Waals surface area contributed by atoms with Crippen molar-refractivity contribution in [2.75, 3.05) is 5.32 Å². The van der Waals surface area contributed by atoms with Crippen molar-refractivity contribution >= 4 is 28.5 Å². The van der Waals surface area contributed by atoms with Crippen LogP contribution < -0.4 is 5.32 Å². The summed E-state index contributed by atoms with van der Waals surface area (Å²) in [6.45, 7) is 1.67. The number of rotatable bonds is 3. The Balaban J connectivity index is 1.96. The number of H-pyrrole nitrogens is 1. The number of fused-ring (bicyclic) bond motifs is 1. The van der Waals surface area contributed by atoms with Gasteiger partial charge in [0.2, 0.25) is 0 Å². The Morgan fingerprint density at radius 2 is 1.87 bits per heavy atom. The molecule has 6 heteroatoms. The first-order chi connectivity index (χ1) is 11.0. The van der Waals surface area contributed by atoms with Crippen molar-refractivity contribution in [2.24, 2.45) is 0 Å². The molecule has 0 fully saturated rings. The van der Waals surface area contributed by atoms with Crippen LogP contribution in [0, 0.1) is 6.92 Å². The molecule has 1 amide bonds. The molecule has 3 rings (SSSR count). The molecule has 0 aliphatic rings. The number of aromatic carboxylic acids is 1. The minimum atomic E-state index is -1.26. The van der Waals surface area contributed by atoms with Crippen LogP contribution in [0.5, 0.6) is 5.75 Å². The lowest BCUT2D eigenvalue weighted by Crippen LogP contribution is -2.14. The molecule has 2 aromatic carbocycles. The fourth-order valence-corrected chi connectivity index (χ4v) is 2.40. The van der Waals surface area contributed by atoms with Gasteiger partial charge in [0.25, 0.3) is 5.91 Å². The summed E-state index contributed by atoms with van der Waals surface area (Å²) >= 11 is 0. The zero-order valence-electron chi connectivity index (χ0n) is 12.3. The summed E-state index contributed by atoms with van der Waals surface area (Å²) in [7, 11) is 0. The number of aromatic hydroxyl groups is 1. The zero-order chi connectivity index (χ0) is 16.6. The number of phenols is 1. The number of benzene rings is 2. The highest BCUT2D eigenvalue weighted by Crippen LogP contribution is 2.31. The van der Waals surface area contributed by atoms with Crippen LogP contribution in [0.4, 0.5) is 5.69 Å². The van der Waals surface area contributed by atoms with Crippen molar-refractivity contribution in [1.29, 1.82) is 0 Å². The molecule has 3 aromatic rings. The lowest BCUT2D eigenvalue weighted by atomic mass is 10.1. The molecule has 0 saturated carbocycles. The van der Waals surface area contributed by atoms with Gasteiger partial charge in [-0.05, 0) is 30.7 Å². The van der Waals surface area contributed by atoms with Crippen LogP contribution in [0.25, 0.3) is 10.9 Å². The zero-order valence-corrected chi connectivity index (χ0v) is 12.3. The largest absolute Gasteiger partial charge is 0.505 e. The van der Waals surface area contributed by atoms with Gasteiger partial charge in [0, 0.05) is 10.9 Å². The molecule has 23 heavy (non-hydrogen) atoms. The van der Waals surface area contributed by atoms with Gasteiger partial charge in [0.1, 0.15) is 11.3 Å². The minimum Gasteiger partial charge on any atom is -0.505 e. The maximum atomic E-state index is 12.4. The molecule has 0 spiro atoms. The minimum absolute atomic E-state index is 0.0913. The quantitative estimate of drug-likeness (QED) is 0.558. The highest BCUT2D eigenvalue weighted by molar-refractivity contribution is 6.08. The number of carbonyl (C=O) groups excluding carboxylic acids is 1. The summed E-state index contributed by atoms with van der Waals surface area (Å²) in [5, 5.41) is 22.6. The molecule has 4 N–H and O–H groups in total. The van der Waals surface area contributed by atoms with Gasteiger partial charge in [0.05, 0.1) is 5.69 Å². The monoisotopic (exact) mass is 310 g/mol. The predicted octanol–water partition coefficient (Wildman–Crippen LogP) is 3.13. The SMILES string of the molecule is Cc1ccc(C(=O)O)c(O)c1NC(=O)c1cc2ccccc2[nH]1. The second kappa shape index (κ2) is 5.49. The fourth-order valence-electron chi connectivity index (χ4n) is 2.40. The van der Waals surface area contributed by atoms with E-state index in [1.807, 2.05) is 24.3 Å². The first-order valence-electron chi connectivity index (χ1n) is 6.92. The molecule has 6 nitrogen and oxygen atoms in total. The number of aromatic nitrogens is 1. The normalized spacial score (nSPS) is 10.7. The van der Waals surface area contributed by atoms with Gasteiger partial charge >= 0.3 is 5.97 Å². The summed E-state index contributed by atoms with van der Waals surface area (Å²) < 4.78 is 0. The lowest BCUT2D eigenvalue weighted by molar-refractivity contribution is 0.0693. The Hall–Kier alpha value is -3.28. The van der Waals surface area contributed by atoms with Crippen molar-refractivity contribution in [2.45, 2.75) is 6.92 Å². The van der Waals surface area contributed by atoms with Crippen molar-refractivity contribution in [1.82, 2.24) is 4.98 Å². The van der Waals surface area contributed by atoms with Crippen molar-refractivity contribution in [3.8, 4) is 5.75 Å². The number of carbonyl (C=O) groups is 2. The standard InChI is InChI=1S/C17H14N2O4/c1-9-6-7-11(17(22)23)15(20)14(9)19-16(21)13-8-10-4-2-3-5-12(10)18-13/h2-8,18,20H,1H3,(H,19,21)(H,22,23). The van der Waals surface area contributed by atoms with E-state index in [4.69, 9.17) is 5.11 Å². The van der Waals surface area contributed by atoms with Crippen LogP contribution in [-0.4, -0.2) is 27.1 Å². The van der Waals surface area contributed by atoms with Crippen molar-refractivity contribution in [3.63, 3.8) is 0 Å². The second-order valence-electron chi connectivity index (χ2n) is 5.18. The van der Waals surface area contributed by atoms with Gasteiger partial charge in [-0.3, -0.25) is 4.79 Å². The van der Waals surface area contributed by atoms with Gasteiger partial charge < -0.3 is 20.5 Å². The van der Waals surface area contributed by atoms with E-state index in [2.05, 4.69) is 10.3 Å². The van der Waals surface area contributed by atoms with Gasteiger partial charge in [-0.2, -0.15) is 0 Å². The summed E-state index contributed by atoms with van der Waals surface area (Å²) in [5.74, 6) is -2.17. The third-order valence-electron chi connectivity index (χ3n) is 3.63. The highest BCUT2D eigenvalue weighted by atomic mass is 16.4. The second-order valence-corrected chi connectivity index (χ2v) is 5.18. The number of anilines is 1. The van der Waals surface area contributed by atoms with E-state index < -0.39 is 17.6 Å². The van der Waals surface area contributed by atoms with Gasteiger partial charge in [-0.1, -0.05) is 24.3 Å². The summed E-state index contributed by atoms with van der Waals surface area (Å²) in [6, 6.07) is 12.0. The van der Waals surface area contributed by atoms with Gasteiger partial charge in [0.15, 0.2) is 5.75 Å². The third kappa shape index (κ3) is 2.62. The number of para-hydroxylation sites is 1. The van der Waals surface area contributed by atoms with Crippen LogP contribution in [0.15, 0.2) is 42.5 Å². The highest BCUT2D eigenvalue weighted by Gasteiger charge is 2.18. The number of aromatic amines is 1. The number of hydrogen-bond donors (Lipinski definition) is 4. The number of hydrogen-bond acceptors (Lipinski definition) is 3. The van der Waals surface area contributed by atoms with E-state index in [9.17, 15) is 14.7 Å². The van der Waals surface area contributed by atoms with Crippen molar-refractivity contribution in [3.05, 3.63) is 59.3 Å². The molecule has 0 atom stereocenters. The number of carboxylic acids is 1. The van der Waals surface area contributed by atoms with E-state index in [1.165, 1.54) is 12.1 Å². The number of amides is 1. The summed E-state index contributed by atoms with van der Waals surface area (Å²) in [5.41, 5.74) is 1.54. The predicted molar refractivity (Wildman–Crippen MR) is 86.1 cm³/mol. The third-order valence-corrected chi connectivity index (χ3v) is 3.63. The summed E-state index contributed by atoms with van der Waals surface area (Å²) in [6.07, 6.45) is 0. The number of carboxylic acid groups (broad SMARTS) is 1. The summed E-state index contributed by atoms with van der Waals surface area (Å²) in [4.78, 5) is 26.4. The Bertz CT molecular complexity index is 894. The number of nitrogens with one attached hydrogen (secondary N) is 2. The molecule has 0 aliphatic heterocycles. The molecule has 0 aliphatic carbocycles. The molecule has 1 heterocycles. The maximum absolute atomic E-state index is 12.4. The molecule has 0 unspecified atom stereocenters. The van der Waals surface area contributed by atoms with Crippen molar-refractivity contribution < 1.29 is 19.8 Å². The molecule has 1 aromatic heterocycles. The smallest absolute Gasteiger partial charge is 0.339 e. The van der Waals surface area contributed by atoms with Crippen LogP contribution >= 0.6 is 0 Å². The van der Waals surface area contributed by atoms with E-state index in [0.29, 0.717) is 11.3 Å². The van der Waals surface area contributed by atoms with Crippen LogP contribution in [0.1, 0.15) is 26.4 Å². The Morgan fingerprint density at radius 3 is 2.57 bits per heavy atom. The van der Waals surface area contributed by atoms with Gasteiger partial charge in [-0.15, -0.1) is 0 Å². The van der Waals surface area contributed by atoms with E-state index >= 15 is 0 Å². The Morgan fingerprint density at radius 1 is 1.13 bits per heavy atom. The Labute approximate surface area is 131 Å². The first kappa shape index (κ1) is 14.6. The fraction of sp³-hybridized carbons (Fsp3) is 0.0588. The van der Waals surface area contributed by atoms with E-state index in [1.54, 1.807) is 13.0 Å². The first-order valence-corrected chi connectivity index (χ1v) is 6.92. The number of aryl methyl sites for hydroxylation is 1.